The first kappa shape index (κ1) is 15.3. The van der Waals surface area contributed by atoms with Gasteiger partial charge in [-0.05, 0) is 35.9 Å². The smallest absolute Gasteiger partial charge is 0.271 e. The molecule has 120 valence electrons. The standard InChI is InChI=1S/C16H11N3O2S3/c20-24(21,19-12-6-7-13-14(10-12)18-23-17-13)16-9-8-15(22-16)11-4-2-1-3-5-11/h1-10,19H. The van der Waals surface area contributed by atoms with Gasteiger partial charge in [0.05, 0.1) is 17.4 Å². The van der Waals surface area contributed by atoms with Gasteiger partial charge in [0.15, 0.2) is 0 Å². The molecule has 1 N–H and O–H groups in total. The molecule has 4 rings (SSSR count). The summed E-state index contributed by atoms with van der Waals surface area (Å²) in [4.78, 5) is 0.912. The van der Waals surface area contributed by atoms with Gasteiger partial charge in [-0.2, -0.15) is 8.75 Å². The van der Waals surface area contributed by atoms with Gasteiger partial charge in [-0.3, -0.25) is 4.72 Å². The lowest BCUT2D eigenvalue weighted by atomic mass is 10.2. The molecule has 5 nitrogen and oxygen atoms in total. The Labute approximate surface area is 147 Å². The number of anilines is 1. The fraction of sp³-hybridized carbons (Fsp3) is 0. The van der Waals surface area contributed by atoms with E-state index in [0.717, 1.165) is 27.7 Å². The summed E-state index contributed by atoms with van der Waals surface area (Å²) < 4.78 is 36.3. The zero-order valence-corrected chi connectivity index (χ0v) is 14.7. The second-order valence-corrected chi connectivity index (χ2v) is 8.58. The topological polar surface area (TPSA) is 72.0 Å². The maximum Gasteiger partial charge on any atom is 0.271 e. The van der Waals surface area contributed by atoms with Crippen LogP contribution >= 0.6 is 23.1 Å². The highest BCUT2D eigenvalue weighted by atomic mass is 32.2. The van der Waals surface area contributed by atoms with Crippen molar-refractivity contribution in [2.45, 2.75) is 4.21 Å². The number of aromatic nitrogens is 2. The monoisotopic (exact) mass is 373 g/mol. The molecule has 2 heterocycles. The zero-order valence-electron chi connectivity index (χ0n) is 12.2. The van der Waals surface area contributed by atoms with E-state index in [1.165, 1.54) is 11.3 Å². The second kappa shape index (κ2) is 5.97. The average Bonchev–Trinajstić information content (AvgIpc) is 3.24. The summed E-state index contributed by atoms with van der Waals surface area (Å²) in [5.41, 5.74) is 2.91. The predicted octanol–water partition coefficient (Wildman–Crippen LogP) is 4.22. The summed E-state index contributed by atoms with van der Waals surface area (Å²) in [5.74, 6) is 0. The Morgan fingerprint density at radius 1 is 0.875 bits per heavy atom. The van der Waals surface area contributed by atoms with Crippen LogP contribution in [-0.4, -0.2) is 17.2 Å². The van der Waals surface area contributed by atoms with E-state index in [9.17, 15) is 8.42 Å². The van der Waals surface area contributed by atoms with Crippen LogP contribution in [-0.2, 0) is 10.0 Å². The third-order valence-electron chi connectivity index (χ3n) is 3.41. The molecule has 2 aromatic heterocycles. The average molecular weight is 373 g/mol. The summed E-state index contributed by atoms with van der Waals surface area (Å²) in [6.07, 6.45) is 0. The number of sulfonamides is 1. The minimum absolute atomic E-state index is 0.276. The van der Waals surface area contributed by atoms with Gasteiger partial charge in [0.2, 0.25) is 0 Å². The minimum atomic E-state index is -3.63. The van der Waals surface area contributed by atoms with Crippen LogP contribution in [0.25, 0.3) is 21.5 Å². The largest absolute Gasteiger partial charge is 0.279 e. The van der Waals surface area contributed by atoms with Crippen molar-refractivity contribution in [2.75, 3.05) is 4.72 Å². The van der Waals surface area contributed by atoms with Crippen molar-refractivity contribution in [3.63, 3.8) is 0 Å². The summed E-state index contributed by atoms with van der Waals surface area (Å²) >= 11 is 2.34. The lowest BCUT2D eigenvalue weighted by Gasteiger charge is -2.05. The van der Waals surface area contributed by atoms with Crippen molar-refractivity contribution < 1.29 is 8.42 Å². The molecule has 0 aliphatic heterocycles. The van der Waals surface area contributed by atoms with E-state index in [1.807, 2.05) is 36.4 Å². The van der Waals surface area contributed by atoms with Crippen molar-refractivity contribution in [1.29, 1.82) is 0 Å². The van der Waals surface area contributed by atoms with Gasteiger partial charge in [0.1, 0.15) is 15.2 Å². The van der Waals surface area contributed by atoms with Crippen molar-refractivity contribution in [1.82, 2.24) is 8.75 Å². The quantitative estimate of drug-likeness (QED) is 0.581. The summed E-state index contributed by atoms with van der Waals surface area (Å²) in [6.45, 7) is 0. The summed E-state index contributed by atoms with van der Waals surface area (Å²) in [7, 11) is -3.63. The molecule has 0 aliphatic carbocycles. The molecular weight excluding hydrogens is 362 g/mol. The lowest BCUT2D eigenvalue weighted by molar-refractivity contribution is 0.603. The number of nitrogens with one attached hydrogen (secondary N) is 1. The molecular formula is C16H11N3O2S3. The fourth-order valence-corrected chi connectivity index (χ4v) is 5.15. The molecule has 4 aromatic rings. The maximum absolute atomic E-state index is 12.6. The van der Waals surface area contributed by atoms with Crippen molar-refractivity contribution in [2.24, 2.45) is 0 Å². The molecule has 0 unspecified atom stereocenters. The van der Waals surface area contributed by atoms with E-state index < -0.39 is 10.0 Å². The second-order valence-electron chi connectivity index (χ2n) is 5.06. The van der Waals surface area contributed by atoms with E-state index in [0.29, 0.717) is 11.2 Å². The number of nitrogens with zero attached hydrogens (tertiary/aromatic N) is 2. The number of fused-ring (bicyclic) bond motifs is 1. The van der Waals surface area contributed by atoms with Crippen LogP contribution < -0.4 is 4.72 Å². The minimum Gasteiger partial charge on any atom is -0.279 e. The van der Waals surface area contributed by atoms with Gasteiger partial charge in [-0.1, -0.05) is 30.3 Å². The molecule has 0 bridgehead atoms. The first-order chi connectivity index (χ1) is 11.6. The van der Waals surface area contributed by atoms with Gasteiger partial charge in [-0.25, -0.2) is 8.42 Å². The Hall–Kier alpha value is -2.29. The molecule has 0 aliphatic rings. The van der Waals surface area contributed by atoms with Crippen molar-refractivity contribution in [3.8, 4) is 10.4 Å². The number of rotatable bonds is 4. The fourth-order valence-electron chi connectivity index (χ4n) is 2.27. The van der Waals surface area contributed by atoms with E-state index in [4.69, 9.17) is 0 Å². The van der Waals surface area contributed by atoms with Crippen LogP contribution in [0.5, 0.6) is 0 Å². The van der Waals surface area contributed by atoms with E-state index >= 15 is 0 Å². The molecule has 2 aromatic carbocycles. The Kier molecular flexibility index (Phi) is 3.79. The lowest BCUT2D eigenvalue weighted by Crippen LogP contribution is -2.11. The molecule has 0 radical (unpaired) electrons. The van der Waals surface area contributed by atoms with Crippen LogP contribution in [0.15, 0.2) is 64.9 Å². The molecule has 0 saturated carbocycles. The van der Waals surface area contributed by atoms with Gasteiger partial charge < -0.3 is 0 Å². The highest BCUT2D eigenvalue weighted by Gasteiger charge is 2.18. The third-order valence-corrected chi connectivity index (χ3v) is 6.97. The third kappa shape index (κ3) is 2.91. The molecule has 0 fully saturated rings. The van der Waals surface area contributed by atoms with Crippen LogP contribution in [0.2, 0.25) is 0 Å². The normalized spacial score (nSPS) is 11.7. The van der Waals surface area contributed by atoms with Crippen molar-refractivity contribution >= 4 is 49.8 Å². The first-order valence-electron chi connectivity index (χ1n) is 7.02. The Bertz CT molecular complexity index is 1100. The molecule has 0 saturated heterocycles. The highest BCUT2D eigenvalue weighted by molar-refractivity contribution is 7.94. The number of hydrogen-bond acceptors (Lipinski definition) is 6. The Morgan fingerprint density at radius 3 is 2.50 bits per heavy atom. The van der Waals surface area contributed by atoms with E-state index in [-0.39, 0.29) is 4.21 Å². The summed E-state index contributed by atoms with van der Waals surface area (Å²) in [5, 5.41) is 0. The highest BCUT2D eigenvalue weighted by Crippen LogP contribution is 2.31. The Morgan fingerprint density at radius 2 is 1.67 bits per heavy atom. The van der Waals surface area contributed by atoms with Gasteiger partial charge in [0, 0.05) is 4.88 Å². The van der Waals surface area contributed by atoms with Gasteiger partial charge in [0.25, 0.3) is 10.0 Å². The van der Waals surface area contributed by atoms with E-state index in [1.54, 1.807) is 24.3 Å². The Balaban J connectivity index is 1.64. The predicted molar refractivity (Wildman–Crippen MR) is 98.0 cm³/mol. The van der Waals surface area contributed by atoms with Gasteiger partial charge >= 0.3 is 0 Å². The van der Waals surface area contributed by atoms with Gasteiger partial charge in [-0.15, -0.1) is 11.3 Å². The number of benzene rings is 2. The first-order valence-corrected chi connectivity index (χ1v) is 10.1. The molecule has 0 amide bonds. The number of thiophene rings is 1. The molecule has 0 spiro atoms. The van der Waals surface area contributed by atoms with Crippen LogP contribution in [0, 0.1) is 0 Å². The maximum atomic E-state index is 12.6. The molecule has 0 atom stereocenters. The SMILES string of the molecule is O=S(=O)(Nc1ccc2nsnc2c1)c1ccc(-c2ccccc2)s1. The summed E-state index contributed by atoms with van der Waals surface area (Å²) in [6, 6.07) is 18.3. The van der Waals surface area contributed by atoms with Crippen LogP contribution in [0.1, 0.15) is 0 Å². The number of hydrogen-bond donors (Lipinski definition) is 1. The van der Waals surface area contributed by atoms with Crippen LogP contribution in [0.3, 0.4) is 0 Å². The molecule has 8 heteroatoms. The zero-order chi connectivity index (χ0) is 16.6. The molecule has 24 heavy (non-hydrogen) atoms. The van der Waals surface area contributed by atoms with E-state index in [2.05, 4.69) is 13.5 Å². The van der Waals surface area contributed by atoms with Crippen LogP contribution in [0.4, 0.5) is 5.69 Å². The van der Waals surface area contributed by atoms with Crippen molar-refractivity contribution in [3.05, 3.63) is 60.7 Å².